The van der Waals surface area contributed by atoms with E-state index in [9.17, 15) is 19.3 Å². The molecule has 2 aromatic rings. The molecule has 1 aromatic carbocycles. The zero-order valence-corrected chi connectivity index (χ0v) is 13.5. The molecule has 0 radical (unpaired) electrons. The van der Waals surface area contributed by atoms with Crippen molar-refractivity contribution in [1.82, 2.24) is 9.88 Å². The van der Waals surface area contributed by atoms with Gasteiger partial charge in [0.05, 0.1) is 29.3 Å². The van der Waals surface area contributed by atoms with Gasteiger partial charge in [0.2, 0.25) is 0 Å². The number of hydrogen-bond donors (Lipinski definition) is 0. The van der Waals surface area contributed by atoms with E-state index in [0.29, 0.717) is 24.4 Å². The number of nitrogens with zero attached hydrogens (tertiary/aromatic N) is 3. The summed E-state index contributed by atoms with van der Waals surface area (Å²) in [5.74, 6) is -0.721. The Morgan fingerprint density at radius 3 is 2.96 bits per heavy atom. The van der Waals surface area contributed by atoms with Crippen LogP contribution in [-0.2, 0) is 4.74 Å². The molecule has 0 saturated carbocycles. The van der Waals surface area contributed by atoms with Crippen LogP contribution in [0.2, 0.25) is 0 Å². The molecule has 25 heavy (non-hydrogen) atoms. The zero-order chi connectivity index (χ0) is 18.0. The van der Waals surface area contributed by atoms with Crippen LogP contribution in [0.5, 0.6) is 0 Å². The maximum Gasteiger partial charge on any atom is 0.288 e. The van der Waals surface area contributed by atoms with E-state index in [2.05, 4.69) is 4.98 Å². The van der Waals surface area contributed by atoms with Crippen molar-refractivity contribution in [3.63, 3.8) is 0 Å². The van der Waals surface area contributed by atoms with Crippen molar-refractivity contribution >= 4 is 11.6 Å². The third-order valence-corrected chi connectivity index (χ3v) is 4.09. The predicted molar refractivity (Wildman–Crippen MR) is 86.6 cm³/mol. The lowest BCUT2D eigenvalue weighted by molar-refractivity contribution is -0.385. The van der Waals surface area contributed by atoms with Crippen LogP contribution < -0.4 is 0 Å². The highest BCUT2D eigenvalue weighted by Crippen LogP contribution is 2.25. The van der Waals surface area contributed by atoms with Gasteiger partial charge in [-0.2, -0.15) is 0 Å². The highest BCUT2D eigenvalue weighted by atomic mass is 19.1. The first kappa shape index (κ1) is 17.0. The van der Waals surface area contributed by atoms with E-state index >= 15 is 0 Å². The number of aryl methyl sites for hydroxylation is 1. The molecule has 1 unspecified atom stereocenters. The molecule has 1 atom stereocenters. The van der Waals surface area contributed by atoms with Crippen LogP contribution in [0.4, 0.5) is 10.1 Å². The summed E-state index contributed by atoms with van der Waals surface area (Å²) in [5.41, 5.74) is 1.02. The summed E-state index contributed by atoms with van der Waals surface area (Å²) in [7, 11) is 0. The van der Waals surface area contributed by atoms with Gasteiger partial charge in [-0.15, -0.1) is 0 Å². The Bertz CT molecular complexity index is 827. The van der Waals surface area contributed by atoms with Crippen molar-refractivity contribution in [2.75, 3.05) is 19.7 Å². The molecule has 8 heteroatoms. The second-order valence-electron chi connectivity index (χ2n) is 5.75. The van der Waals surface area contributed by atoms with Gasteiger partial charge in [-0.05, 0) is 24.6 Å². The number of ether oxygens (including phenoxy) is 1. The van der Waals surface area contributed by atoms with Gasteiger partial charge in [-0.25, -0.2) is 4.39 Å². The minimum atomic E-state index is -0.585. The number of hydrogen-bond acceptors (Lipinski definition) is 5. The highest BCUT2D eigenvalue weighted by Gasteiger charge is 2.28. The number of halogens is 1. The van der Waals surface area contributed by atoms with Crippen molar-refractivity contribution in [2.45, 2.75) is 13.0 Å². The summed E-state index contributed by atoms with van der Waals surface area (Å²) in [6, 6.07) is 7.27. The van der Waals surface area contributed by atoms with E-state index in [1.165, 1.54) is 18.2 Å². The molecule has 7 nitrogen and oxygen atoms in total. The van der Waals surface area contributed by atoms with Gasteiger partial charge < -0.3 is 9.64 Å². The van der Waals surface area contributed by atoms with Crippen LogP contribution in [0.1, 0.15) is 27.7 Å². The number of carbonyl (C=O) groups is 1. The van der Waals surface area contributed by atoms with Gasteiger partial charge in [0.1, 0.15) is 18.1 Å². The number of amides is 1. The summed E-state index contributed by atoms with van der Waals surface area (Å²) in [6.07, 6.45) is 0.682. The Morgan fingerprint density at radius 1 is 1.44 bits per heavy atom. The molecule has 130 valence electrons. The normalized spacial score (nSPS) is 17.4. The average Bonchev–Trinajstić information content (AvgIpc) is 2.61. The first-order valence-corrected chi connectivity index (χ1v) is 7.73. The Hall–Kier alpha value is -2.87. The van der Waals surface area contributed by atoms with E-state index in [0.717, 1.165) is 6.20 Å². The fourth-order valence-electron chi connectivity index (χ4n) is 2.75. The molecule has 1 aliphatic rings. The minimum Gasteiger partial charge on any atom is -0.370 e. The standard InChI is InChI=1S/C17H16FN3O4/c1-11-15(8-14(9-19-11)21(23)24)17(22)20-5-6-25-16(10-20)12-3-2-4-13(18)7-12/h2-4,7-9,16H,5-6,10H2,1H3. The molecule has 1 aliphatic heterocycles. The maximum absolute atomic E-state index is 13.4. The van der Waals surface area contributed by atoms with Gasteiger partial charge in [0.15, 0.2) is 0 Å². The number of pyridine rings is 1. The average molecular weight is 345 g/mol. The molecule has 0 bridgehead atoms. The van der Waals surface area contributed by atoms with Crippen LogP contribution in [0.25, 0.3) is 0 Å². The molecular formula is C17H16FN3O4. The second kappa shape index (κ2) is 6.94. The largest absolute Gasteiger partial charge is 0.370 e. The molecule has 0 aliphatic carbocycles. The van der Waals surface area contributed by atoms with Gasteiger partial charge in [0, 0.05) is 12.6 Å². The van der Waals surface area contributed by atoms with Crippen LogP contribution in [0.3, 0.4) is 0 Å². The lowest BCUT2D eigenvalue weighted by Gasteiger charge is -2.33. The molecular weight excluding hydrogens is 329 g/mol. The molecule has 0 spiro atoms. The first-order chi connectivity index (χ1) is 12.0. The molecule has 1 aromatic heterocycles. The maximum atomic E-state index is 13.4. The molecule has 2 heterocycles. The first-order valence-electron chi connectivity index (χ1n) is 7.73. The summed E-state index contributed by atoms with van der Waals surface area (Å²) < 4.78 is 19.1. The van der Waals surface area contributed by atoms with E-state index < -0.39 is 11.0 Å². The summed E-state index contributed by atoms with van der Waals surface area (Å²) in [4.78, 5) is 28.6. The fourth-order valence-corrected chi connectivity index (χ4v) is 2.75. The lowest BCUT2D eigenvalue weighted by Crippen LogP contribution is -2.42. The Morgan fingerprint density at radius 2 is 2.24 bits per heavy atom. The smallest absolute Gasteiger partial charge is 0.288 e. The summed E-state index contributed by atoms with van der Waals surface area (Å²) >= 11 is 0. The number of nitro groups is 1. The number of benzene rings is 1. The third kappa shape index (κ3) is 3.63. The van der Waals surface area contributed by atoms with Crippen LogP contribution in [0.15, 0.2) is 36.5 Å². The van der Waals surface area contributed by atoms with Gasteiger partial charge in [0.25, 0.3) is 11.6 Å². The Labute approximate surface area is 143 Å². The Balaban J connectivity index is 1.83. The molecule has 3 rings (SSSR count). The van der Waals surface area contributed by atoms with Crippen LogP contribution in [-0.4, -0.2) is 40.4 Å². The molecule has 1 fully saturated rings. The lowest BCUT2D eigenvalue weighted by atomic mass is 10.1. The predicted octanol–water partition coefficient (Wildman–Crippen LogP) is 2.65. The van der Waals surface area contributed by atoms with Gasteiger partial charge >= 0.3 is 0 Å². The fraction of sp³-hybridized carbons (Fsp3) is 0.294. The number of rotatable bonds is 3. The van der Waals surface area contributed by atoms with E-state index in [1.54, 1.807) is 24.0 Å². The Kier molecular flexibility index (Phi) is 4.71. The topological polar surface area (TPSA) is 85.6 Å². The van der Waals surface area contributed by atoms with Crippen molar-refractivity contribution < 1.29 is 18.8 Å². The van der Waals surface area contributed by atoms with Gasteiger partial charge in [-0.3, -0.25) is 19.9 Å². The van der Waals surface area contributed by atoms with Crippen molar-refractivity contribution in [2.24, 2.45) is 0 Å². The van der Waals surface area contributed by atoms with Crippen molar-refractivity contribution in [3.8, 4) is 0 Å². The monoisotopic (exact) mass is 345 g/mol. The summed E-state index contributed by atoms with van der Waals surface area (Å²) in [6.45, 7) is 2.52. The zero-order valence-electron chi connectivity index (χ0n) is 13.5. The minimum absolute atomic E-state index is 0.189. The van der Waals surface area contributed by atoms with E-state index in [1.807, 2.05) is 0 Å². The van der Waals surface area contributed by atoms with Crippen molar-refractivity contribution in [1.29, 1.82) is 0 Å². The second-order valence-corrected chi connectivity index (χ2v) is 5.75. The number of morpholine rings is 1. The van der Waals surface area contributed by atoms with Crippen LogP contribution in [0, 0.1) is 22.9 Å². The SMILES string of the molecule is Cc1ncc([N+](=O)[O-])cc1C(=O)N1CCOC(c2cccc(F)c2)C1. The van der Waals surface area contributed by atoms with Crippen molar-refractivity contribution in [3.05, 3.63) is 69.3 Å². The quantitative estimate of drug-likeness (QED) is 0.630. The third-order valence-electron chi connectivity index (χ3n) is 4.09. The number of carbonyl (C=O) groups excluding carboxylic acids is 1. The van der Waals surface area contributed by atoms with Gasteiger partial charge in [-0.1, -0.05) is 12.1 Å². The molecule has 0 N–H and O–H groups in total. The number of aromatic nitrogens is 1. The van der Waals surface area contributed by atoms with Crippen LogP contribution >= 0.6 is 0 Å². The summed E-state index contributed by atoms with van der Waals surface area (Å²) in [5, 5.41) is 10.9. The molecule has 1 saturated heterocycles. The molecule has 1 amide bonds. The van der Waals surface area contributed by atoms with E-state index in [-0.39, 0.29) is 29.5 Å². The van der Waals surface area contributed by atoms with E-state index in [4.69, 9.17) is 4.74 Å². The highest BCUT2D eigenvalue weighted by molar-refractivity contribution is 5.95.